The normalized spacial score (nSPS) is 15.2. The summed E-state index contributed by atoms with van der Waals surface area (Å²) in [6.45, 7) is 0. The molecule has 9 nitrogen and oxygen atoms in total. The number of hydrogen-bond donors (Lipinski definition) is 4. The summed E-state index contributed by atoms with van der Waals surface area (Å²) in [5.74, 6) is 0.922. The fourth-order valence-electron chi connectivity index (χ4n) is 8.66. The third-order valence-corrected chi connectivity index (χ3v) is 13.7. The second-order valence-corrected chi connectivity index (χ2v) is 17.9. The van der Waals surface area contributed by atoms with E-state index in [4.69, 9.17) is 14.7 Å². The number of ether oxygens (including phenoxy) is 1. The number of H-pyrrole nitrogens is 2. The molecule has 0 atom stereocenters. The lowest BCUT2D eigenvalue weighted by Crippen LogP contribution is -2.03. The Morgan fingerprint density at radius 2 is 1.17 bits per heavy atom. The molecule has 0 radical (unpaired) electrons. The molecule has 12 rings (SSSR count). The van der Waals surface area contributed by atoms with E-state index in [1.54, 1.807) is 29.8 Å². The number of thiazole rings is 2. The number of carbonyl (C=O) groups is 2. The van der Waals surface area contributed by atoms with Gasteiger partial charge in [0.1, 0.15) is 10.0 Å². The number of aryl methyl sites for hydroxylation is 4. The minimum Gasteiger partial charge on any atom is -0.482 e. The predicted octanol–water partition coefficient (Wildman–Crippen LogP) is 12.1. The zero-order chi connectivity index (χ0) is 42.7. The molecule has 4 aromatic heterocycles. The second-order valence-electron chi connectivity index (χ2n) is 16.2. The van der Waals surface area contributed by atoms with Crippen LogP contribution < -0.4 is 15.4 Å². The first kappa shape index (κ1) is 40.3. The molecule has 8 aromatic rings. The van der Waals surface area contributed by atoms with E-state index in [0.29, 0.717) is 12.0 Å². The molecule has 2 aliphatic carbocycles. The molecule has 4 N–H and O–H groups in total. The maximum Gasteiger partial charge on any atom is 0.256 e. The van der Waals surface area contributed by atoms with Crippen LogP contribution in [0.2, 0.25) is 0 Å². The van der Waals surface area contributed by atoms with Gasteiger partial charge in [-0.1, -0.05) is 72.8 Å². The van der Waals surface area contributed by atoms with Crippen molar-refractivity contribution in [3.8, 4) is 49.5 Å². The third kappa shape index (κ3) is 8.80. The number of anilines is 2. The quantitative estimate of drug-likeness (QED) is 0.124. The summed E-state index contributed by atoms with van der Waals surface area (Å²) in [7, 11) is 1.71. The molecule has 0 spiro atoms. The smallest absolute Gasteiger partial charge is 0.256 e. The maximum atomic E-state index is 12.7. The molecule has 4 aromatic carbocycles. The van der Waals surface area contributed by atoms with Gasteiger partial charge in [0, 0.05) is 73.1 Å². The van der Waals surface area contributed by atoms with Crippen LogP contribution in [-0.4, -0.2) is 38.9 Å². The predicted molar refractivity (Wildman–Crippen MR) is 256 cm³/mol. The molecule has 6 heterocycles. The standard InChI is InChI=1S/C26H21N3OS.C17H12N2OS.C9H13NO/c30-25-21(14-19-12-17-8-4-5-9-22(17)27-19)20-13-18(10-11-23(20)28-25)24-15-31-26(29-24)16-6-2-1-3-7-16;20-16-9-13-8-12(6-7-14(13)18-16)15-10-21-17(19-15)11-4-2-1-3-5-11;1-11-9-6-7-4-2-3-5-8(7)10-9/h1-3,6-7,10-15,27H,4-5,8-9H2,(H,28,30);1-8,10H,9H2,(H,18,20);6,10H,2-5H2,1H3/b21-14-;;. The molecular weight excluding hydrogens is 821 g/mol. The highest BCUT2D eigenvalue weighted by molar-refractivity contribution is 7.13. The lowest BCUT2D eigenvalue weighted by Gasteiger charge is -2.08. The van der Waals surface area contributed by atoms with E-state index in [1.165, 1.54) is 61.0 Å². The Morgan fingerprint density at radius 3 is 1.79 bits per heavy atom. The van der Waals surface area contributed by atoms with Gasteiger partial charge in [0.15, 0.2) is 5.88 Å². The number of fused-ring (bicyclic) bond motifs is 4. The number of carbonyl (C=O) groups excluding carboxylic acids is 2. The van der Waals surface area contributed by atoms with Crippen LogP contribution in [0.3, 0.4) is 0 Å². The van der Waals surface area contributed by atoms with E-state index < -0.39 is 0 Å². The lowest BCUT2D eigenvalue weighted by molar-refractivity contribution is -0.115. The van der Waals surface area contributed by atoms with Crippen molar-refractivity contribution in [2.75, 3.05) is 17.7 Å². The largest absolute Gasteiger partial charge is 0.482 e. The van der Waals surface area contributed by atoms with Crippen molar-refractivity contribution in [2.45, 2.75) is 57.8 Å². The van der Waals surface area contributed by atoms with Crippen molar-refractivity contribution in [3.05, 3.63) is 159 Å². The Balaban J connectivity index is 0.000000126. The number of aromatic nitrogens is 4. The monoisotopic (exact) mass is 866 g/mol. The lowest BCUT2D eigenvalue weighted by atomic mass is 9.98. The molecule has 314 valence electrons. The van der Waals surface area contributed by atoms with Gasteiger partial charge in [-0.05, 0) is 104 Å². The SMILES string of the molecule is COc1cc2c([nH]1)CCCC2.O=C1Cc2cc(-c3csc(-c4ccccc4)n3)ccc2N1.O=C1Nc2ccc(-c3csc(-c4ccccc4)n3)cc2/C1=C/c1cc2c([nH]1)CCCC2. The molecule has 0 saturated carbocycles. The summed E-state index contributed by atoms with van der Waals surface area (Å²) >= 11 is 3.27. The number of benzene rings is 4. The molecule has 11 heteroatoms. The molecule has 2 aliphatic heterocycles. The molecule has 0 saturated heterocycles. The number of hydrogen-bond acceptors (Lipinski definition) is 7. The number of rotatable bonds is 6. The van der Waals surface area contributed by atoms with Gasteiger partial charge >= 0.3 is 0 Å². The first-order valence-electron chi connectivity index (χ1n) is 21.5. The molecule has 0 fully saturated rings. The Hall–Kier alpha value is -6.82. The number of nitrogens with zero attached hydrogens (tertiary/aromatic N) is 2. The fraction of sp³-hybridized carbons (Fsp3) is 0.192. The molecule has 2 amide bonds. The summed E-state index contributed by atoms with van der Waals surface area (Å²) in [5, 5.41) is 12.0. The summed E-state index contributed by atoms with van der Waals surface area (Å²) in [4.78, 5) is 40.4. The van der Waals surface area contributed by atoms with Crippen molar-refractivity contribution in [2.24, 2.45) is 0 Å². The number of aromatic amines is 2. The average Bonchev–Trinajstić information content (AvgIpc) is 4.19. The highest BCUT2D eigenvalue weighted by Crippen LogP contribution is 2.38. The summed E-state index contributed by atoms with van der Waals surface area (Å²) in [5.41, 5.74) is 17.2. The minimum absolute atomic E-state index is 0.0528. The van der Waals surface area contributed by atoms with E-state index in [0.717, 1.165) is 90.6 Å². The van der Waals surface area contributed by atoms with E-state index in [1.807, 2.05) is 66.7 Å². The van der Waals surface area contributed by atoms with Crippen LogP contribution >= 0.6 is 22.7 Å². The van der Waals surface area contributed by atoms with Crippen molar-refractivity contribution in [1.82, 2.24) is 19.9 Å². The van der Waals surface area contributed by atoms with Gasteiger partial charge in [0.25, 0.3) is 5.91 Å². The van der Waals surface area contributed by atoms with Gasteiger partial charge in [0.2, 0.25) is 5.91 Å². The summed E-state index contributed by atoms with van der Waals surface area (Å²) in [6.07, 6.45) is 12.2. The average molecular weight is 867 g/mol. The zero-order valence-corrected chi connectivity index (χ0v) is 36.6. The van der Waals surface area contributed by atoms with E-state index in [2.05, 4.69) is 79.9 Å². The van der Waals surface area contributed by atoms with Gasteiger partial charge in [-0.15, -0.1) is 22.7 Å². The molecular formula is C52H46N6O3S2. The van der Waals surface area contributed by atoms with Crippen LogP contribution in [0, 0.1) is 0 Å². The molecule has 0 unspecified atom stereocenters. The number of nitrogens with one attached hydrogen (secondary N) is 4. The van der Waals surface area contributed by atoms with Gasteiger partial charge in [-0.25, -0.2) is 9.97 Å². The third-order valence-electron chi connectivity index (χ3n) is 11.9. The number of amides is 2. The van der Waals surface area contributed by atoms with E-state index >= 15 is 0 Å². The Morgan fingerprint density at radius 1 is 0.587 bits per heavy atom. The minimum atomic E-state index is -0.0528. The Kier molecular flexibility index (Phi) is 11.4. The van der Waals surface area contributed by atoms with Crippen molar-refractivity contribution in [1.29, 1.82) is 0 Å². The van der Waals surface area contributed by atoms with E-state index in [-0.39, 0.29) is 11.8 Å². The molecule has 63 heavy (non-hydrogen) atoms. The van der Waals surface area contributed by atoms with Gasteiger partial charge in [-0.2, -0.15) is 0 Å². The summed E-state index contributed by atoms with van der Waals surface area (Å²) in [6, 6.07) is 36.8. The van der Waals surface area contributed by atoms with Crippen LogP contribution in [0.15, 0.2) is 120 Å². The first-order valence-corrected chi connectivity index (χ1v) is 23.3. The number of methoxy groups -OCH3 is 1. The van der Waals surface area contributed by atoms with Crippen molar-refractivity contribution < 1.29 is 14.3 Å². The van der Waals surface area contributed by atoms with Crippen LogP contribution in [0.5, 0.6) is 5.88 Å². The van der Waals surface area contributed by atoms with E-state index in [9.17, 15) is 9.59 Å². The highest BCUT2D eigenvalue weighted by Gasteiger charge is 2.26. The highest BCUT2D eigenvalue weighted by atomic mass is 32.1. The van der Waals surface area contributed by atoms with Gasteiger partial charge < -0.3 is 25.3 Å². The fourth-order valence-corrected chi connectivity index (χ4v) is 10.3. The molecule has 4 aliphatic rings. The van der Waals surface area contributed by atoms with Crippen LogP contribution in [-0.2, 0) is 41.7 Å². The Labute approximate surface area is 374 Å². The first-order chi connectivity index (χ1) is 30.9. The van der Waals surface area contributed by atoms with Crippen LogP contribution in [0.25, 0.3) is 55.3 Å². The Bertz CT molecular complexity index is 2930. The maximum absolute atomic E-state index is 12.7. The van der Waals surface area contributed by atoms with Gasteiger partial charge in [-0.3, -0.25) is 9.59 Å². The second kappa shape index (κ2) is 17.9. The molecule has 0 bridgehead atoms. The topological polar surface area (TPSA) is 125 Å². The van der Waals surface area contributed by atoms with Crippen LogP contribution in [0.1, 0.15) is 65.0 Å². The summed E-state index contributed by atoms with van der Waals surface area (Å²) < 4.78 is 5.11. The van der Waals surface area contributed by atoms with Crippen molar-refractivity contribution in [3.63, 3.8) is 0 Å². The van der Waals surface area contributed by atoms with Gasteiger partial charge in [0.05, 0.1) is 30.5 Å². The van der Waals surface area contributed by atoms with Crippen LogP contribution in [0.4, 0.5) is 11.4 Å². The van der Waals surface area contributed by atoms with Crippen molar-refractivity contribution >= 4 is 57.5 Å². The zero-order valence-electron chi connectivity index (χ0n) is 34.9.